The third-order valence-electron chi connectivity index (χ3n) is 5.79. The molecule has 0 unspecified atom stereocenters. The van der Waals surface area contributed by atoms with Gasteiger partial charge in [-0.1, -0.05) is 19.4 Å². The fourth-order valence-corrected chi connectivity index (χ4v) is 3.82. The Morgan fingerprint density at radius 3 is 2.59 bits per heavy atom. The Labute approximate surface area is 232 Å². The summed E-state index contributed by atoms with van der Waals surface area (Å²) in [5.74, 6) is -0.356. The third kappa shape index (κ3) is 8.51. The van der Waals surface area contributed by atoms with Gasteiger partial charge in [0.1, 0.15) is 11.6 Å². The normalized spacial score (nSPS) is 10.3. The van der Waals surface area contributed by atoms with E-state index in [4.69, 9.17) is 17.0 Å². The van der Waals surface area contributed by atoms with E-state index >= 15 is 0 Å². The highest BCUT2D eigenvalue weighted by Gasteiger charge is 2.14. The number of nitriles is 1. The second-order valence-corrected chi connectivity index (χ2v) is 8.99. The molecule has 2 amide bonds. The van der Waals surface area contributed by atoms with Gasteiger partial charge in [0.05, 0.1) is 17.3 Å². The molecule has 202 valence electrons. The van der Waals surface area contributed by atoms with Crippen LogP contribution in [0.15, 0.2) is 67.4 Å². The standard InChI is InChI=1S/C28H29ClFN7O2/c1-3-26(38)36(2)24-18-22(12-13-23(24)30)34-25-14-16-33-28(35-25)37(29)17-7-5-4-6-15-32-27(39)21-10-8-20(19-31)9-11-21/h3,8-14,16,18H,1,4-7,15,17H2,2H3,(H,32,39)(H,33,34,35). The van der Waals surface area contributed by atoms with E-state index in [1.807, 2.05) is 6.07 Å². The van der Waals surface area contributed by atoms with E-state index in [1.54, 1.807) is 36.5 Å². The Bertz CT molecular complexity index is 1340. The van der Waals surface area contributed by atoms with Gasteiger partial charge in [-0.3, -0.25) is 14.0 Å². The van der Waals surface area contributed by atoms with E-state index < -0.39 is 11.7 Å². The van der Waals surface area contributed by atoms with Crippen molar-refractivity contribution in [1.29, 1.82) is 5.26 Å². The van der Waals surface area contributed by atoms with Gasteiger partial charge in [-0.25, -0.2) is 9.37 Å². The number of hydrogen-bond donors (Lipinski definition) is 2. The number of nitrogens with one attached hydrogen (secondary N) is 2. The number of carbonyl (C=O) groups is 2. The molecule has 0 bridgehead atoms. The van der Waals surface area contributed by atoms with Crippen LogP contribution < -0.4 is 20.0 Å². The van der Waals surface area contributed by atoms with E-state index in [2.05, 4.69) is 27.2 Å². The minimum Gasteiger partial charge on any atom is -0.352 e. The first-order valence-corrected chi connectivity index (χ1v) is 12.7. The van der Waals surface area contributed by atoms with Gasteiger partial charge >= 0.3 is 0 Å². The van der Waals surface area contributed by atoms with Gasteiger partial charge in [-0.15, -0.1) is 0 Å². The molecular formula is C28H29ClFN7O2. The van der Waals surface area contributed by atoms with Crippen molar-refractivity contribution in [3.8, 4) is 6.07 Å². The first-order chi connectivity index (χ1) is 18.8. The van der Waals surface area contributed by atoms with Crippen LogP contribution in [0.5, 0.6) is 0 Å². The number of likely N-dealkylation sites (N-methyl/N-ethyl adjacent to an activating group) is 1. The number of anilines is 4. The number of amides is 2. The highest BCUT2D eigenvalue weighted by Crippen LogP contribution is 2.25. The number of unbranched alkanes of at least 4 members (excludes halogenated alkanes) is 3. The summed E-state index contributed by atoms with van der Waals surface area (Å²) in [5.41, 5.74) is 1.68. The maximum Gasteiger partial charge on any atom is 0.251 e. The Morgan fingerprint density at radius 2 is 1.87 bits per heavy atom. The van der Waals surface area contributed by atoms with Crippen molar-refractivity contribution >= 4 is 46.7 Å². The summed E-state index contributed by atoms with van der Waals surface area (Å²) in [6.45, 7) is 4.51. The van der Waals surface area contributed by atoms with E-state index in [-0.39, 0.29) is 11.6 Å². The summed E-state index contributed by atoms with van der Waals surface area (Å²) in [4.78, 5) is 33.8. The molecule has 3 rings (SSSR count). The van der Waals surface area contributed by atoms with Crippen LogP contribution in [0.25, 0.3) is 0 Å². The molecule has 2 aromatic carbocycles. The summed E-state index contributed by atoms with van der Waals surface area (Å²) in [5, 5.41) is 14.8. The predicted octanol–water partition coefficient (Wildman–Crippen LogP) is 5.33. The Balaban J connectivity index is 1.42. The molecule has 11 heteroatoms. The van der Waals surface area contributed by atoms with Gasteiger partial charge in [-0.2, -0.15) is 10.2 Å². The van der Waals surface area contributed by atoms with Gasteiger partial charge in [0, 0.05) is 49.4 Å². The molecule has 39 heavy (non-hydrogen) atoms. The lowest BCUT2D eigenvalue weighted by Gasteiger charge is -2.18. The Kier molecular flexibility index (Phi) is 10.8. The lowest BCUT2D eigenvalue weighted by atomic mass is 10.1. The second kappa shape index (κ2) is 14.4. The van der Waals surface area contributed by atoms with E-state index in [0.717, 1.165) is 31.8 Å². The molecule has 9 nitrogen and oxygen atoms in total. The quantitative estimate of drug-likeness (QED) is 0.168. The summed E-state index contributed by atoms with van der Waals surface area (Å²) < 4.78 is 15.7. The first kappa shape index (κ1) is 29.1. The number of aromatic nitrogens is 2. The predicted molar refractivity (Wildman–Crippen MR) is 150 cm³/mol. The lowest BCUT2D eigenvalue weighted by molar-refractivity contribution is -0.113. The number of halogens is 2. The van der Waals surface area contributed by atoms with Gasteiger partial charge < -0.3 is 15.5 Å². The summed E-state index contributed by atoms with van der Waals surface area (Å²) >= 11 is 6.39. The van der Waals surface area contributed by atoms with Crippen LogP contribution >= 0.6 is 11.8 Å². The van der Waals surface area contributed by atoms with Crippen LogP contribution in [0.3, 0.4) is 0 Å². The molecule has 0 atom stereocenters. The molecule has 0 saturated heterocycles. The van der Waals surface area contributed by atoms with E-state index in [0.29, 0.717) is 41.7 Å². The number of nitrogens with zero attached hydrogens (tertiary/aromatic N) is 5. The number of carbonyl (C=O) groups excluding carboxylic acids is 2. The smallest absolute Gasteiger partial charge is 0.251 e. The first-order valence-electron chi connectivity index (χ1n) is 12.3. The molecule has 0 radical (unpaired) electrons. The average molecular weight is 550 g/mol. The summed E-state index contributed by atoms with van der Waals surface area (Å²) in [6, 6.07) is 14.5. The van der Waals surface area contributed by atoms with Crippen molar-refractivity contribution < 1.29 is 14.0 Å². The molecule has 0 spiro atoms. The molecule has 0 fully saturated rings. The van der Waals surface area contributed by atoms with Crippen molar-refractivity contribution in [3.05, 3.63) is 84.3 Å². The van der Waals surface area contributed by atoms with Crippen LogP contribution in [0, 0.1) is 17.1 Å². The van der Waals surface area contributed by atoms with Crippen molar-refractivity contribution in [2.75, 3.05) is 34.8 Å². The van der Waals surface area contributed by atoms with Crippen LogP contribution in [-0.2, 0) is 4.79 Å². The van der Waals surface area contributed by atoms with Crippen molar-refractivity contribution in [2.24, 2.45) is 0 Å². The van der Waals surface area contributed by atoms with Gasteiger partial charge in [0.2, 0.25) is 11.9 Å². The maximum atomic E-state index is 14.2. The monoisotopic (exact) mass is 549 g/mol. The summed E-state index contributed by atoms with van der Waals surface area (Å²) in [6.07, 6.45) is 6.13. The van der Waals surface area contributed by atoms with Gasteiger partial charge in [-0.05, 0) is 67.4 Å². The Hall–Kier alpha value is -4.49. The average Bonchev–Trinajstić information content (AvgIpc) is 2.96. The van der Waals surface area contributed by atoms with Crippen LogP contribution in [0.4, 0.5) is 27.5 Å². The number of benzene rings is 2. The van der Waals surface area contributed by atoms with Crippen molar-refractivity contribution in [2.45, 2.75) is 25.7 Å². The SMILES string of the molecule is C=CC(=O)N(C)c1cc(Nc2ccnc(N(Cl)CCCCCCNC(=O)c3ccc(C#N)cc3)n2)ccc1F. The fourth-order valence-electron chi connectivity index (χ4n) is 3.62. The molecule has 0 aliphatic heterocycles. The zero-order valence-electron chi connectivity index (χ0n) is 21.5. The van der Waals surface area contributed by atoms with E-state index in [1.165, 1.54) is 34.6 Å². The lowest BCUT2D eigenvalue weighted by Crippen LogP contribution is -2.24. The molecule has 1 heterocycles. The zero-order chi connectivity index (χ0) is 28.2. The highest BCUT2D eigenvalue weighted by molar-refractivity contribution is 6.25. The fraction of sp³-hybridized carbons (Fsp3) is 0.250. The molecule has 2 N–H and O–H groups in total. The zero-order valence-corrected chi connectivity index (χ0v) is 22.3. The van der Waals surface area contributed by atoms with Gasteiger partial charge in [0.15, 0.2) is 0 Å². The van der Waals surface area contributed by atoms with E-state index in [9.17, 15) is 14.0 Å². The summed E-state index contributed by atoms with van der Waals surface area (Å²) in [7, 11) is 1.47. The van der Waals surface area contributed by atoms with Crippen LogP contribution in [0.1, 0.15) is 41.6 Å². The molecule has 0 aliphatic carbocycles. The number of hydrogen-bond acceptors (Lipinski definition) is 7. The highest BCUT2D eigenvalue weighted by atomic mass is 35.5. The van der Waals surface area contributed by atoms with Crippen molar-refractivity contribution in [1.82, 2.24) is 15.3 Å². The maximum absolute atomic E-state index is 14.2. The van der Waals surface area contributed by atoms with Crippen molar-refractivity contribution in [3.63, 3.8) is 0 Å². The molecule has 0 aliphatic rings. The molecule has 3 aromatic rings. The Morgan fingerprint density at radius 1 is 1.13 bits per heavy atom. The number of rotatable bonds is 13. The molecule has 1 aromatic heterocycles. The van der Waals surface area contributed by atoms with Gasteiger partial charge in [0.25, 0.3) is 5.91 Å². The third-order valence-corrected chi connectivity index (χ3v) is 6.11. The van der Waals surface area contributed by atoms with Crippen LogP contribution in [-0.4, -0.2) is 41.9 Å². The second-order valence-electron chi connectivity index (χ2n) is 8.58. The largest absolute Gasteiger partial charge is 0.352 e. The molecular weight excluding hydrogens is 521 g/mol. The minimum absolute atomic E-state index is 0.104. The molecule has 0 saturated carbocycles. The minimum atomic E-state index is -0.540. The topological polar surface area (TPSA) is 114 Å². The van der Waals surface area contributed by atoms with Crippen LogP contribution in [0.2, 0.25) is 0 Å².